The first-order valence-corrected chi connectivity index (χ1v) is 12.8. The second-order valence-corrected chi connectivity index (χ2v) is 9.74. The summed E-state index contributed by atoms with van der Waals surface area (Å²) in [6.45, 7) is 2.07. The summed E-state index contributed by atoms with van der Waals surface area (Å²) in [4.78, 5) is 30.5. The molecule has 1 aliphatic rings. The highest BCUT2D eigenvalue weighted by Crippen LogP contribution is 2.34. The van der Waals surface area contributed by atoms with Crippen molar-refractivity contribution in [1.29, 1.82) is 0 Å². The fourth-order valence-electron chi connectivity index (χ4n) is 4.09. The van der Waals surface area contributed by atoms with E-state index >= 15 is 0 Å². The standard InChI is InChI=1S/C21H25ClO6.C6H8O7/c1-2-27-15-6-3-12(4-7-15)9-14-10-13(5-8-16(14)22)21-20(26)19(25)18(24)17(11-23)28-21;7-3(8)1-6(13,5(11)12)2-4(9)10/h3-8,10,17-21,23-26H,2,9,11H2,1H3;13H,1-2H2,(H,7,8)(H,9,10)(H,11,12)/t17-,18-,19+,20-,21+;/m1./s1. The Bertz CT molecular complexity index is 1170. The Kier molecular flexibility index (Phi) is 12.5. The molecule has 226 valence electrons. The lowest BCUT2D eigenvalue weighted by Crippen LogP contribution is -2.55. The number of carboxylic acid groups (broad SMARTS) is 3. The third-order valence-electron chi connectivity index (χ3n) is 6.20. The van der Waals surface area contributed by atoms with Gasteiger partial charge in [0.2, 0.25) is 0 Å². The molecule has 0 aliphatic carbocycles. The summed E-state index contributed by atoms with van der Waals surface area (Å²) in [6, 6.07) is 12.9. The summed E-state index contributed by atoms with van der Waals surface area (Å²) in [5.41, 5.74) is -0.253. The number of rotatable bonds is 11. The topological polar surface area (TPSA) is 232 Å². The molecule has 13 nitrogen and oxygen atoms in total. The molecule has 1 aliphatic heterocycles. The predicted molar refractivity (Wildman–Crippen MR) is 142 cm³/mol. The van der Waals surface area contributed by atoms with E-state index in [1.807, 2.05) is 37.3 Å². The van der Waals surface area contributed by atoms with Crippen LogP contribution in [0.2, 0.25) is 5.02 Å². The first-order valence-electron chi connectivity index (χ1n) is 12.4. The zero-order valence-corrected chi connectivity index (χ0v) is 22.7. The molecular formula is C27H33ClO13. The minimum Gasteiger partial charge on any atom is -0.494 e. The van der Waals surface area contributed by atoms with Crippen LogP contribution in [0.3, 0.4) is 0 Å². The maximum absolute atomic E-state index is 10.3. The van der Waals surface area contributed by atoms with Crippen LogP contribution in [0.15, 0.2) is 42.5 Å². The van der Waals surface area contributed by atoms with Crippen LogP contribution in [0.1, 0.15) is 42.6 Å². The molecule has 3 rings (SSSR count). The van der Waals surface area contributed by atoms with Gasteiger partial charge in [0.25, 0.3) is 0 Å². The van der Waals surface area contributed by atoms with Crippen molar-refractivity contribution in [2.24, 2.45) is 0 Å². The van der Waals surface area contributed by atoms with E-state index in [9.17, 15) is 34.8 Å². The van der Waals surface area contributed by atoms with Crippen LogP contribution in [0.25, 0.3) is 0 Å². The van der Waals surface area contributed by atoms with Crippen LogP contribution in [0, 0.1) is 0 Å². The largest absolute Gasteiger partial charge is 0.494 e. The van der Waals surface area contributed by atoms with Gasteiger partial charge in [-0.05, 0) is 48.2 Å². The second-order valence-electron chi connectivity index (χ2n) is 9.33. The Labute approximate surface area is 239 Å². The van der Waals surface area contributed by atoms with E-state index in [1.165, 1.54) is 0 Å². The van der Waals surface area contributed by atoms with Crippen LogP contribution >= 0.6 is 11.6 Å². The Morgan fingerprint density at radius 1 is 0.927 bits per heavy atom. The second kappa shape index (κ2) is 15.1. The molecule has 5 atom stereocenters. The van der Waals surface area contributed by atoms with Crippen molar-refractivity contribution < 1.29 is 64.7 Å². The number of hydrogen-bond donors (Lipinski definition) is 8. The van der Waals surface area contributed by atoms with Crippen molar-refractivity contribution in [3.8, 4) is 5.75 Å². The van der Waals surface area contributed by atoms with Gasteiger partial charge < -0.3 is 50.3 Å². The Morgan fingerprint density at radius 3 is 2.00 bits per heavy atom. The number of halogens is 1. The van der Waals surface area contributed by atoms with Crippen LogP contribution in [0.5, 0.6) is 5.75 Å². The van der Waals surface area contributed by atoms with E-state index in [1.54, 1.807) is 12.1 Å². The summed E-state index contributed by atoms with van der Waals surface area (Å²) >= 11 is 6.35. The number of aliphatic hydroxyl groups excluding tert-OH is 4. The fraction of sp³-hybridized carbons (Fsp3) is 0.444. The number of aliphatic hydroxyl groups is 5. The number of carbonyl (C=O) groups is 3. The number of aliphatic carboxylic acids is 3. The highest BCUT2D eigenvalue weighted by molar-refractivity contribution is 6.31. The van der Waals surface area contributed by atoms with Crippen molar-refractivity contribution in [3.63, 3.8) is 0 Å². The van der Waals surface area contributed by atoms with Crippen molar-refractivity contribution in [3.05, 3.63) is 64.2 Å². The number of carboxylic acids is 3. The van der Waals surface area contributed by atoms with Gasteiger partial charge in [0.05, 0.1) is 26.1 Å². The van der Waals surface area contributed by atoms with Gasteiger partial charge in [-0.15, -0.1) is 0 Å². The first-order chi connectivity index (χ1) is 19.2. The van der Waals surface area contributed by atoms with Gasteiger partial charge in [-0.25, -0.2) is 4.79 Å². The maximum Gasteiger partial charge on any atom is 0.336 e. The van der Waals surface area contributed by atoms with E-state index in [2.05, 4.69) is 0 Å². The monoisotopic (exact) mass is 600 g/mol. The predicted octanol–water partition coefficient (Wildman–Crippen LogP) is 0.596. The average molecular weight is 601 g/mol. The summed E-state index contributed by atoms with van der Waals surface area (Å²) in [7, 11) is 0. The van der Waals surface area contributed by atoms with Crippen molar-refractivity contribution in [2.45, 2.75) is 62.3 Å². The number of hydrogen-bond acceptors (Lipinski definition) is 10. The molecule has 1 heterocycles. The fourth-order valence-corrected chi connectivity index (χ4v) is 4.27. The molecule has 0 spiro atoms. The van der Waals surface area contributed by atoms with Crippen LogP contribution in [-0.2, 0) is 25.5 Å². The molecule has 0 amide bonds. The quantitative estimate of drug-likeness (QED) is 0.177. The van der Waals surface area contributed by atoms with Gasteiger partial charge in [0.1, 0.15) is 36.3 Å². The number of benzene rings is 2. The molecule has 0 bridgehead atoms. The van der Waals surface area contributed by atoms with E-state index in [-0.39, 0.29) is 0 Å². The van der Waals surface area contributed by atoms with Crippen LogP contribution < -0.4 is 4.74 Å². The average Bonchev–Trinajstić information content (AvgIpc) is 2.89. The Morgan fingerprint density at radius 2 is 1.51 bits per heavy atom. The highest BCUT2D eigenvalue weighted by Gasteiger charge is 2.44. The SMILES string of the molecule is CCOc1ccc(Cc2cc([C@@H]3O[C@H](CO)[C@@H](O)[C@H](O)[C@H]3O)ccc2Cl)cc1.O=C(O)CC(O)(CC(=O)O)C(=O)O. The third-order valence-corrected chi connectivity index (χ3v) is 6.57. The van der Waals surface area contributed by atoms with E-state index < -0.39 is 73.5 Å². The van der Waals surface area contributed by atoms with Crippen LogP contribution in [0.4, 0.5) is 0 Å². The molecule has 1 fully saturated rings. The molecule has 1 saturated heterocycles. The highest BCUT2D eigenvalue weighted by atomic mass is 35.5. The molecule has 0 unspecified atom stereocenters. The van der Waals surface area contributed by atoms with Gasteiger partial charge in [-0.3, -0.25) is 9.59 Å². The zero-order chi connectivity index (χ0) is 30.9. The summed E-state index contributed by atoms with van der Waals surface area (Å²) in [5.74, 6) is -4.22. The molecular weight excluding hydrogens is 568 g/mol. The number of ether oxygens (including phenoxy) is 2. The Hall–Kier alpha value is -3.30. The molecule has 8 N–H and O–H groups in total. The van der Waals surface area contributed by atoms with Gasteiger partial charge in [0.15, 0.2) is 5.60 Å². The maximum atomic E-state index is 10.3. The van der Waals surface area contributed by atoms with E-state index in [4.69, 9.17) is 41.5 Å². The molecule has 0 saturated carbocycles. The van der Waals surface area contributed by atoms with E-state index in [0.717, 1.165) is 16.9 Å². The third kappa shape index (κ3) is 9.36. The van der Waals surface area contributed by atoms with Gasteiger partial charge in [-0.1, -0.05) is 35.9 Å². The molecule has 0 radical (unpaired) electrons. The first kappa shape index (κ1) is 33.9. The molecule has 41 heavy (non-hydrogen) atoms. The zero-order valence-electron chi connectivity index (χ0n) is 22.0. The van der Waals surface area contributed by atoms with Gasteiger partial charge >= 0.3 is 17.9 Å². The minimum absolute atomic E-state index is 0.464. The van der Waals surface area contributed by atoms with E-state index in [0.29, 0.717) is 23.6 Å². The smallest absolute Gasteiger partial charge is 0.336 e. The van der Waals surface area contributed by atoms with Gasteiger partial charge in [-0.2, -0.15) is 0 Å². The summed E-state index contributed by atoms with van der Waals surface area (Å²) in [5, 5.41) is 74.1. The molecule has 2 aromatic carbocycles. The van der Waals surface area contributed by atoms with Gasteiger partial charge in [0, 0.05) is 5.02 Å². The lowest BCUT2D eigenvalue weighted by atomic mass is 9.90. The summed E-state index contributed by atoms with van der Waals surface area (Å²) in [6.07, 6.45) is -7.68. The normalized spacial score (nSPS) is 22.3. The lowest BCUT2D eigenvalue weighted by Gasteiger charge is -2.40. The minimum atomic E-state index is -2.74. The van der Waals surface area contributed by atoms with Crippen molar-refractivity contribution in [2.75, 3.05) is 13.2 Å². The van der Waals surface area contributed by atoms with Crippen molar-refractivity contribution in [1.82, 2.24) is 0 Å². The molecule has 0 aromatic heterocycles. The summed E-state index contributed by atoms with van der Waals surface area (Å²) < 4.78 is 11.1. The molecule has 14 heteroatoms. The molecule has 2 aromatic rings. The van der Waals surface area contributed by atoms with Crippen LogP contribution in [-0.4, -0.2) is 102 Å². The lowest BCUT2D eigenvalue weighted by molar-refractivity contribution is -0.231. The Balaban J connectivity index is 0.000000383. The van der Waals surface area contributed by atoms with Crippen molar-refractivity contribution >= 4 is 29.5 Å².